The van der Waals surface area contributed by atoms with E-state index in [1.807, 2.05) is 0 Å². The van der Waals surface area contributed by atoms with Crippen LogP contribution in [-0.2, 0) is 14.3 Å². The molecule has 6 nitrogen and oxygen atoms in total. The smallest absolute Gasteiger partial charge is 0.340 e. The molecule has 0 fully saturated rings. The van der Waals surface area contributed by atoms with Gasteiger partial charge in [0.05, 0.1) is 23.8 Å². The van der Waals surface area contributed by atoms with E-state index >= 15 is 0 Å². The Morgan fingerprint density at radius 1 is 1.29 bits per heavy atom. The van der Waals surface area contributed by atoms with E-state index in [4.69, 9.17) is 9.84 Å². The highest BCUT2D eigenvalue weighted by molar-refractivity contribution is 6.16. The van der Waals surface area contributed by atoms with Gasteiger partial charge in [0, 0.05) is 12.2 Å². The molecule has 1 aromatic rings. The molecule has 1 aliphatic rings. The van der Waals surface area contributed by atoms with E-state index in [0.717, 1.165) is 0 Å². The molecule has 0 atom stereocenters. The van der Waals surface area contributed by atoms with Crippen molar-refractivity contribution in [1.82, 2.24) is 4.90 Å². The van der Waals surface area contributed by atoms with Crippen molar-refractivity contribution in [3.63, 3.8) is 0 Å². The number of carboxylic acid groups (broad SMARTS) is 1. The average molecular weight is 327 g/mol. The minimum atomic E-state index is -1.03. The van der Waals surface area contributed by atoms with Crippen molar-refractivity contribution < 1.29 is 24.2 Å². The topological polar surface area (TPSA) is 83.9 Å². The third kappa shape index (κ3) is 3.12. The second kappa shape index (κ2) is 6.95. The number of esters is 1. The Bertz CT molecular complexity index is 771. The lowest BCUT2D eigenvalue weighted by Crippen LogP contribution is -2.24. The lowest BCUT2D eigenvalue weighted by molar-refractivity contribution is -0.136. The number of ether oxygens (including phenoxy) is 1. The van der Waals surface area contributed by atoms with Gasteiger partial charge in [0.25, 0.3) is 5.91 Å². The zero-order valence-electron chi connectivity index (χ0n) is 13.4. The van der Waals surface area contributed by atoms with Gasteiger partial charge in [-0.15, -0.1) is 6.58 Å². The molecule has 124 valence electrons. The standard InChI is InChI=1S/C18H17NO5/c1-4-9-19-11(2)15(18(23)24-3)14(16(19)20)10-12-5-7-13(8-6-12)17(21)22/h4-8,10H,1,9H2,2-3H3,(H,21,22). The molecule has 2 rings (SSSR count). The number of aromatic carboxylic acids is 1. The molecule has 0 bridgehead atoms. The van der Waals surface area contributed by atoms with E-state index in [1.165, 1.54) is 24.1 Å². The maximum absolute atomic E-state index is 12.6. The van der Waals surface area contributed by atoms with E-state index in [0.29, 0.717) is 11.3 Å². The summed E-state index contributed by atoms with van der Waals surface area (Å²) in [6.45, 7) is 5.56. The van der Waals surface area contributed by atoms with E-state index in [9.17, 15) is 14.4 Å². The minimum absolute atomic E-state index is 0.142. The molecule has 0 saturated carbocycles. The van der Waals surface area contributed by atoms with E-state index < -0.39 is 11.9 Å². The Morgan fingerprint density at radius 3 is 2.42 bits per heavy atom. The van der Waals surface area contributed by atoms with E-state index in [-0.39, 0.29) is 29.2 Å². The highest BCUT2D eigenvalue weighted by Crippen LogP contribution is 2.31. The summed E-state index contributed by atoms with van der Waals surface area (Å²) in [5.41, 5.74) is 1.66. The van der Waals surface area contributed by atoms with E-state index in [2.05, 4.69) is 6.58 Å². The first-order chi connectivity index (χ1) is 11.4. The van der Waals surface area contributed by atoms with Gasteiger partial charge in [-0.2, -0.15) is 0 Å². The van der Waals surface area contributed by atoms with Gasteiger partial charge in [0.2, 0.25) is 0 Å². The number of hydrogen-bond donors (Lipinski definition) is 1. The van der Waals surface area contributed by atoms with Crippen molar-refractivity contribution in [3.8, 4) is 0 Å². The molecule has 0 aromatic heterocycles. The summed E-state index contributed by atoms with van der Waals surface area (Å²) in [5, 5.41) is 8.92. The largest absolute Gasteiger partial charge is 0.478 e. The third-order valence-corrected chi connectivity index (χ3v) is 3.68. The summed E-state index contributed by atoms with van der Waals surface area (Å²) in [6, 6.07) is 6.02. The monoisotopic (exact) mass is 327 g/mol. The summed E-state index contributed by atoms with van der Waals surface area (Å²) < 4.78 is 4.78. The number of methoxy groups -OCH3 is 1. The predicted octanol–water partition coefficient (Wildman–Crippen LogP) is 2.24. The molecule has 0 spiro atoms. The number of hydrogen-bond acceptors (Lipinski definition) is 4. The zero-order chi connectivity index (χ0) is 17.9. The predicted molar refractivity (Wildman–Crippen MR) is 88.0 cm³/mol. The van der Waals surface area contributed by atoms with Crippen LogP contribution >= 0.6 is 0 Å². The van der Waals surface area contributed by atoms with Crippen LogP contribution in [0.2, 0.25) is 0 Å². The summed E-state index contributed by atoms with van der Waals surface area (Å²) in [5.74, 6) is -1.95. The van der Waals surface area contributed by atoms with Gasteiger partial charge in [-0.3, -0.25) is 4.79 Å². The summed E-state index contributed by atoms with van der Waals surface area (Å²) in [4.78, 5) is 37.0. The number of nitrogens with zero attached hydrogens (tertiary/aromatic N) is 1. The Kier molecular flexibility index (Phi) is 4.99. The number of allylic oxidation sites excluding steroid dienone is 1. The highest BCUT2D eigenvalue weighted by atomic mass is 16.5. The second-order valence-corrected chi connectivity index (χ2v) is 5.14. The molecule has 1 amide bonds. The number of carbonyl (C=O) groups is 3. The van der Waals surface area contributed by atoms with Crippen molar-refractivity contribution in [2.24, 2.45) is 0 Å². The Labute approximate surface area is 139 Å². The normalized spacial score (nSPS) is 15.8. The van der Waals surface area contributed by atoms with Gasteiger partial charge in [-0.1, -0.05) is 18.2 Å². The van der Waals surface area contributed by atoms with Crippen molar-refractivity contribution in [2.75, 3.05) is 13.7 Å². The van der Waals surface area contributed by atoms with Crippen molar-refractivity contribution in [1.29, 1.82) is 0 Å². The van der Waals surface area contributed by atoms with Gasteiger partial charge in [0.1, 0.15) is 0 Å². The highest BCUT2D eigenvalue weighted by Gasteiger charge is 2.36. The Morgan fingerprint density at radius 2 is 1.92 bits per heavy atom. The van der Waals surface area contributed by atoms with Crippen LogP contribution < -0.4 is 0 Å². The maximum atomic E-state index is 12.6. The molecule has 24 heavy (non-hydrogen) atoms. The fraction of sp³-hybridized carbons (Fsp3) is 0.167. The lowest BCUT2D eigenvalue weighted by Gasteiger charge is -2.14. The van der Waals surface area contributed by atoms with Crippen molar-refractivity contribution >= 4 is 23.9 Å². The second-order valence-electron chi connectivity index (χ2n) is 5.14. The van der Waals surface area contributed by atoms with Gasteiger partial charge in [-0.05, 0) is 30.7 Å². The average Bonchev–Trinajstić information content (AvgIpc) is 2.79. The molecular weight excluding hydrogens is 310 g/mol. The van der Waals surface area contributed by atoms with Crippen LogP contribution in [0.1, 0.15) is 22.8 Å². The van der Waals surface area contributed by atoms with Crippen LogP contribution in [0.3, 0.4) is 0 Å². The molecular formula is C18H17NO5. The van der Waals surface area contributed by atoms with E-state index in [1.54, 1.807) is 31.2 Å². The van der Waals surface area contributed by atoms with Crippen LogP contribution in [0.15, 0.2) is 53.8 Å². The van der Waals surface area contributed by atoms with Gasteiger partial charge in [-0.25, -0.2) is 9.59 Å². The fourth-order valence-electron chi connectivity index (χ4n) is 2.47. The number of benzene rings is 1. The first-order valence-corrected chi connectivity index (χ1v) is 7.18. The summed E-state index contributed by atoms with van der Waals surface area (Å²) in [7, 11) is 1.25. The number of carboxylic acids is 1. The van der Waals surface area contributed by atoms with Gasteiger partial charge < -0.3 is 14.7 Å². The van der Waals surface area contributed by atoms with Gasteiger partial charge >= 0.3 is 11.9 Å². The molecule has 0 radical (unpaired) electrons. The Hall–Kier alpha value is -3.15. The fourth-order valence-corrected chi connectivity index (χ4v) is 2.47. The van der Waals surface area contributed by atoms with Crippen LogP contribution in [-0.4, -0.2) is 41.5 Å². The third-order valence-electron chi connectivity index (χ3n) is 3.68. The van der Waals surface area contributed by atoms with Gasteiger partial charge in [0.15, 0.2) is 0 Å². The molecule has 6 heteroatoms. The molecule has 1 heterocycles. The molecule has 0 saturated heterocycles. The van der Waals surface area contributed by atoms with Crippen LogP contribution in [0.5, 0.6) is 0 Å². The van der Waals surface area contributed by atoms with Crippen LogP contribution in [0.25, 0.3) is 6.08 Å². The van der Waals surface area contributed by atoms with Crippen molar-refractivity contribution in [3.05, 3.63) is 64.9 Å². The lowest BCUT2D eigenvalue weighted by atomic mass is 10.0. The molecule has 1 aliphatic heterocycles. The molecule has 1 N–H and O–H groups in total. The summed E-state index contributed by atoms with van der Waals surface area (Å²) >= 11 is 0. The Balaban J connectivity index is 2.49. The number of amides is 1. The SMILES string of the molecule is C=CCN1C(=O)C(=Cc2ccc(C(=O)O)cc2)C(C(=O)OC)=C1C. The number of carbonyl (C=O) groups excluding carboxylic acids is 2. The van der Waals surface area contributed by atoms with Crippen LogP contribution in [0, 0.1) is 0 Å². The first kappa shape index (κ1) is 17.2. The zero-order valence-corrected chi connectivity index (χ0v) is 13.4. The number of rotatable bonds is 5. The van der Waals surface area contributed by atoms with Crippen molar-refractivity contribution in [2.45, 2.75) is 6.92 Å². The summed E-state index contributed by atoms with van der Waals surface area (Å²) in [6.07, 6.45) is 3.12. The quantitative estimate of drug-likeness (QED) is 0.509. The molecule has 0 unspecified atom stereocenters. The van der Waals surface area contributed by atoms with Crippen LogP contribution in [0.4, 0.5) is 0 Å². The maximum Gasteiger partial charge on any atom is 0.340 e. The molecule has 1 aromatic carbocycles. The molecule has 0 aliphatic carbocycles. The first-order valence-electron chi connectivity index (χ1n) is 7.18. The minimum Gasteiger partial charge on any atom is -0.478 e.